The zero-order valence-electron chi connectivity index (χ0n) is 12.3. The van der Waals surface area contributed by atoms with Gasteiger partial charge in [0.2, 0.25) is 0 Å². The summed E-state index contributed by atoms with van der Waals surface area (Å²) >= 11 is 0. The largest absolute Gasteiger partial charge is 0.381 e. The van der Waals surface area contributed by atoms with E-state index in [1.54, 1.807) is 0 Å². The topological polar surface area (TPSA) is 30.5 Å². The lowest BCUT2D eigenvalue weighted by Crippen LogP contribution is -2.49. The molecule has 0 amide bonds. The summed E-state index contributed by atoms with van der Waals surface area (Å²) in [7, 11) is 2.15. The maximum Gasteiger partial charge on any atom is 0.0729 e. The Morgan fingerprint density at radius 2 is 1.95 bits per heavy atom. The molecule has 3 nitrogen and oxygen atoms in total. The summed E-state index contributed by atoms with van der Waals surface area (Å²) < 4.78 is 11.7. The molecule has 3 fully saturated rings. The van der Waals surface area contributed by atoms with Gasteiger partial charge in [0.25, 0.3) is 0 Å². The molecule has 0 aromatic rings. The molecule has 19 heavy (non-hydrogen) atoms. The van der Waals surface area contributed by atoms with Gasteiger partial charge >= 0.3 is 0 Å². The Morgan fingerprint density at radius 3 is 2.58 bits per heavy atom. The van der Waals surface area contributed by atoms with Crippen molar-refractivity contribution in [3.8, 4) is 0 Å². The van der Waals surface area contributed by atoms with E-state index in [4.69, 9.17) is 9.47 Å². The predicted octanol–water partition coefficient (Wildman–Crippen LogP) is 2.74. The molecule has 1 saturated carbocycles. The molecule has 1 aliphatic carbocycles. The lowest BCUT2D eigenvalue weighted by Gasteiger charge is -2.46. The smallest absolute Gasteiger partial charge is 0.0729 e. The first-order valence-electron chi connectivity index (χ1n) is 8.20. The van der Waals surface area contributed by atoms with Gasteiger partial charge in [-0.2, -0.15) is 0 Å². The van der Waals surface area contributed by atoms with Gasteiger partial charge in [-0.15, -0.1) is 0 Å². The minimum absolute atomic E-state index is 0.149. The Kier molecular flexibility index (Phi) is 4.45. The van der Waals surface area contributed by atoms with Crippen LogP contribution in [0.4, 0.5) is 0 Å². The molecule has 2 heterocycles. The molecular formula is C16H29NO2. The van der Waals surface area contributed by atoms with Crippen LogP contribution in [0.1, 0.15) is 51.4 Å². The summed E-state index contributed by atoms with van der Waals surface area (Å²) in [4.78, 5) is 0. The van der Waals surface area contributed by atoms with Crippen LogP contribution in [0.25, 0.3) is 0 Å². The van der Waals surface area contributed by atoms with E-state index >= 15 is 0 Å². The molecule has 2 saturated heterocycles. The third-order valence-electron chi connectivity index (χ3n) is 5.69. The van der Waals surface area contributed by atoms with E-state index in [1.807, 2.05) is 0 Å². The second-order valence-electron chi connectivity index (χ2n) is 6.82. The number of ether oxygens (including phenoxy) is 2. The Balaban J connectivity index is 1.58. The molecule has 0 bridgehead atoms. The van der Waals surface area contributed by atoms with Gasteiger partial charge in [-0.1, -0.05) is 19.3 Å². The van der Waals surface area contributed by atoms with Crippen molar-refractivity contribution in [2.45, 2.75) is 63.0 Å². The predicted molar refractivity (Wildman–Crippen MR) is 76.3 cm³/mol. The third-order valence-corrected chi connectivity index (χ3v) is 5.69. The van der Waals surface area contributed by atoms with E-state index in [2.05, 4.69) is 12.4 Å². The summed E-state index contributed by atoms with van der Waals surface area (Å²) in [6.07, 6.45) is 10.4. The molecule has 1 spiro atoms. The zero-order valence-corrected chi connectivity index (χ0v) is 12.3. The third kappa shape index (κ3) is 3.14. The van der Waals surface area contributed by atoms with Crippen molar-refractivity contribution in [2.75, 3.05) is 26.9 Å². The van der Waals surface area contributed by atoms with Gasteiger partial charge < -0.3 is 14.8 Å². The molecule has 2 aliphatic heterocycles. The highest BCUT2D eigenvalue weighted by molar-refractivity contribution is 4.93. The molecule has 0 radical (unpaired) electrons. The first-order valence-corrected chi connectivity index (χ1v) is 8.20. The average molecular weight is 267 g/mol. The van der Waals surface area contributed by atoms with Crippen LogP contribution in [0.3, 0.4) is 0 Å². The number of hydrogen-bond acceptors (Lipinski definition) is 3. The van der Waals surface area contributed by atoms with Crippen LogP contribution < -0.4 is 5.32 Å². The fraction of sp³-hybridized carbons (Fsp3) is 1.00. The van der Waals surface area contributed by atoms with Gasteiger partial charge in [0, 0.05) is 25.9 Å². The van der Waals surface area contributed by atoms with E-state index in [9.17, 15) is 0 Å². The normalized spacial score (nSPS) is 33.0. The maximum atomic E-state index is 6.17. The van der Waals surface area contributed by atoms with E-state index in [-0.39, 0.29) is 5.60 Å². The number of nitrogens with one attached hydrogen (secondary N) is 1. The van der Waals surface area contributed by atoms with E-state index in [0.717, 1.165) is 44.5 Å². The standard InChI is InChI=1S/C16H29NO2/c1-17-15(11-13-3-2-4-13)14-5-8-19-16(12-14)6-9-18-10-7-16/h13-15,17H,2-12H2,1H3. The molecule has 0 aromatic heterocycles. The van der Waals surface area contributed by atoms with Crippen molar-refractivity contribution >= 4 is 0 Å². The minimum Gasteiger partial charge on any atom is -0.381 e. The second kappa shape index (κ2) is 6.11. The van der Waals surface area contributed by atoms with Crippen LogP contribution >= 0.6 is 0 Å². The SMILES string of the molecule is CNC(CC1CCC1)C1CCOC2(CCOCC2)C1. The van der Waals surface area contributed by atoms with E-state index in [0.29, 0.717) is 6.04 Å². The Bertz CT molecular complexity index is 279. The lowest BCUT2D eigenvalue weighted by atomic mass is 9.73. The molecule has 2 atom stereocenters. The Hall–Kier alpha value is -0.120. The van der Waals surface area contributed by atoms with Crippen LogP contribution in [-0.4, -0.2) is 38.5 Å². The van der Waals surface area contributed by atoms with Crippen LogP contribution in [0, 0.1) is 11.8 Å². The van der Waals surface area contributed by atoms with Crippen molar-refractivity contribution in [1.82, 2.24) is 5.32 Å². The average Bonchev–Trinajstić information content (AvgIpc) is 2.39. The molecule has 3 rings (SSSR count). The van der Waals surface area contributed by atoms with E-state index in [1.165, 1.54) is 38.5 Å². The van der Waals surface area contributed by atoms with Crippen molar-refractivity contribution < 1.29 is 9.47 Å². The highest BCUT2D eigenvalue weighted by Crippen LogP contribution is 2.40. The van der Waals surface area contributed by atoms with E-state index < -0.39 is 0 Å². The highest BCUT2D eigenvalue weighted by atomic mass is 16.5. The van der Waals surface area contributed by atoms with Gasteiger partial charge in [0.05, 0.1) is 5.60 Å². The fourth-order valence-electron chi connectivity index (χ4n) is 4.13. The van der Waals surface area contributed by atoms with Gasteiger partial charge in [0.1, 0.15) is 0 Å². The summed E-state index contributed by atoms with van der Waals surface area (Å²) in [6.45, 7) is 2.73. The number of hydrogen-bond donors (Lipinski definition) is 1. The molecular weight excluding hydrogens is 238 g/mol. The lowest BCUT2D eigenvalue weighted by molar-refractivity contribution is -0.150. The summed E-state index contributed by atoms with van der Waals surface area (Å²) in [5.74, 6) is 1.79. The molecule has 2 unspecified atom stereocenters. The fourth-order valence-corrected chi connectivity index (χ4v) is 4.13. The highest BCUT2D eigenvalue weighted by Gasteiger charge is 2.41. The Morgan fingerprint density at radius 1 is 1.16 bits per heavy atom. The van der Waals surface area contributed by atoms with Crippen molar-refractivity contribution in [2.24, 2.45) is 11.8 Å². The van der Waals surface area contributed by atoms with Crippen molar-refractivity contribution in [3.05, 3.63) is 0 Å². The van der Waals surface area contributed by atoms with Crippen LogP contribution in [0.5, 0.6) is 0 Å². The van der Waals surface area contributed by atoms with Gasteiger partial charge in [-0.05, 0) is 51.0 Å². The van der Waals surface area contributed by atoms with Crippen LogP contribution in [-0.2, 0) is 9.47 Å². The molecule has 1 N–H and O–H groups in total. The van der Waals surface area contributed by atoms with Gasteiger partial charge in [-0.3, -0.25) is 0 Å². The number of rotatable bonds is 4. The minimum atomic E-state index is 0.149. The maximum absolute atomic E-state index is 6.17. The van der Waals surface area contributed by atoms with Gasteiger partial charge in [-0.25, -0.2) is 0 Å². The van der Waals surface area contributed by atoms with Crippen molar-refractivity contribution in [1.29, 1.82) is 0 Å². The van der Waals surface area contributed by atoms with Gasteiger partial charge in [0.15, 0.2) is 0 Å². The molecule has 3 heteroatoms. The monoisotopic (exact) mass is 267 g/mol. The molecule has 0 aromatic carbocycles. The van der Waals surface area contributed by atoms with Crippen LogP contribution in [0.2, 0.25) is 0 Å². The second-order valence-corrected chi connectivity index (χ2v) is 6.82. The summed E-state index contributed by atoms with van der Waals surface area (Å²) in [5, 5.41) is 3.61. The quantitative estimate of drug-likeness (QED) is 0.849. The Labute approximate surface area is 117 Å². The zero-order chi connectivity index (χ0) is 13.1. The summed E-state index contributed by atoms with van der Waals surface area (Å²) in [5.41, 5.74) is 0.149. The van der Waals surface area contributed by atoms with Crippen LogP contribution in [0.15, 0.2) is 0 Å². The first kappa shape index (κ1) is 13.8. The summed E-state index contributed by atoms with van der Waals surface area (Å²) in [6, 6.07) is 0.703. The van der Waals surface area contributed by atoms with Crippen molar-refractivity contribution in [3.63, 3.8) is 0 Å². The molecule has 3 aliphatic rings. The first-order chi connectivity index (χ1) is 9.31. The molecule has 110 valence electrons.